The van der Waals surface area contributed by atoms with Crippen LogP contribution >= 0.6 is 0 Å². The van der Waals surface area contributed by atoms with Crippen molar-refractivity contribution >= 4 is 6.21 Å². The van der Waals surface area contributed by atoms with Gasteiger partial charge in [0.1, 0.15) is 0 Å². The molecule has 0 spiro atoms. The van der Waals surface area contributed by atoms with E-state index in [0.717, 1.165) is 18.9 Å². The lowest BCUT2D eigenvalue weighted by atomic mass is 10.1. The van der Waals surface area contributed by atoms with Crippen molar-refractivity contribution in [2.45, 2.75) is 33.6 Å². The van der Waals surface area contributed by atoms with Crippen molar-refractivity contribution in [3.8, 4) is 0 Å². The number of aliphatic imine (C=N–C) groups is 1. The molecule has 0 saturated carbocycles. The highest BCUT2D eigenvalue weighted by atomic mass is 14.7. The zero-order chi connectivity index (χ0) is 7.11. The van der Waals surface area contributed by atoms with Gasteiger partial charge in [-0.25, -0.2) is 0 Å². The van der Waals surface area contributed by atoms with E-state index in [4.69, 9.17) is 0 Å². The summed E-state index contributed by atoms with van der Waals surface area (Å²) >= 11 is 0. The SMILES string of the molecule is CCC=NC[C@@H](C)CC. The van der Waals surface area contributed by atoms with E-state index in [1.807, 2.05) is 6.21 Å². The molecule has 0 rings (SSSR count). The molecule has 0 radical (unpaired) electrons. The van der Waals surface area contributed by atoms with Crippen LogP contribution in [0.1, 0.15) is 33.6 Å². The van der Waals surface area contributed by atoms with Gasteiger partial charge in [0, 0.05) is 6.54 Å². The fourth-order valence-corrected chi connectivity index (χ4v) is 0.513. The number of hydrogen-bond acceptors (Lipinski definition) is 1. The minimum Gasteiger partial charge on any atom is -0.297 e. The predicted molar refractivity (Wildman–Crippen MR) is 43.1 cm³/mol. The average molecular weight is 127 g/mol. The van der Waals surface area contributed by atoms with E-state index in [2.05, 4.69) is 25.8 Å². The Morgan fingerprint density at radius 2 is 2.11 bits per heavy atom. The van der Waals surface area contributed by atoms with Crippen molar-refractivity contribution in [3.05, 3.63) is 0 Å². The van der Waals surface area contributed by atoms with Gasteiger partial charge in [-0.05, 0) is 18.6 Å². The average Bonchev–Trinajstić information content (AvgIpc) is 1.89. The molecular formula is C8H17N. The quantitative estimate of drug-likeness (QED) is 0.514. The van der Waals surface area contributed by atoms with Gasteiger partial charge in [-0.15, -0.1) is 0 Å². The van der Waals surface area contributed by atoms with Gasteiger partial charge in [0.15, 0.2) is 0 Å². The fourth-order valence-electron chi connectivity index (χ4n) is 0.513. The minimum absolute atomic E-state index is 0.757. The van der Waals surface area contributed by atoms with E-state index < -0.39 is 0 Å². The second-order valence-corrected chi connectivity index (χ2v) is 2.47. The molecule has 0 N–H and O–H groups in total. The van der Waals surface area contributed by atoms with Gasteiger partial charge in [-0.1, -0.05) is 27.2 Å². The van der Waals surface area contributed by atoms with Crippen LogP contribution in [-0.2, 0) is 0 Å². The maximum Gasteiger partial charge on any atom is 0.0410 e. The van der Waals surface area contributed by atoms with Gasteiger partial charge in [0.2, 0.25) is 0 Å². The van der Waals surface area contributed by atoms with Gasteiger partial charge in [-0.2, -0.15) is 0 Å². The first kappa shape index (κ1) is 8.67. The summed E-state index contributed by atoms with van der Waals surface area (Å²) in [5.74, 6) is 0.757. The molecule has 1 nitrogen and oxygen atoms in total. The lowest BCUT2D eigenvalue weighted by molar-refractivity contribution is 0.577. The molecule has 0 aromatic rings. The molecule has 1 atom stereocenters. The van der Waals surface area contributed by atoms with Crippen molar-refractivity contribution in [2.24, 2.45) is 10.9 Å². The number of rotatable bonds is 4. The molecule has 0 unspecified atom stereocenters. The Hall–Kier alpha value is -0.330. The van der Waals surface area contributed by atoms with Gasteiger partial charge in [0.25, 0.3) is 0 Å². The van der Waals surface area contributed by atoms with Crippen LogP contribution in [0.4, 0.5) is 0 Å². The van der Waals surface area contributed by atoms with Crippen molar-refractivity contribution in [1.82, 2.24) is 0 Å². The largest absolute Gasteiger partial charge is 0.297 e. The first-order chi connectivity index (χ1) is 4.31. The highest BCUT2D eigenvalue weighted by molar-refractivity contribution is 5.56. The van der Waals surface area contributed by atoms with Gasteiger partial charge < -0.3 is 0 Å². The lowest BCUT2D eigenvalue weighted by Crippen LogP contribution is -1.96. The first-order valence-electron chi connectivity index (χ1n) is 3.79. The molecule has 0 amide bonds. The predicted octanol–water partition coefficient (Wildman–Crippen LogP) is 2.51. The molecule has 9 heavy (non-hydrogen) atoms. The molecule has 0 aliphatic rings. The Balaban J connectivity index is 3.15. The van der Waals surface area contributed by atoms with Crippen LogP contribution in [0.15, 0.2) is 4.99 Å². The Kier molecular flexibility index (Phi) is 5.59. The summed E-state index contributed by atoms with van der Waals surface area (Å²) in [4.78, 5) is 4.24. The summed E-state index contributed by atoms with van der Waals surface area (Å²) in [5.41, 5.74) is 0. The van der Waals surface area contributed by atoms with Crippen molar-refractivity contribution in [2.75, 3.05) is 6.54 Å². The fraction of sp³-hybridized carbons (Fsp3) is 0.875. The number of nitrogens with zero attached hydrogens (tertiary/aromatic N) is 1. The third-order valence-electron chi connectivity index (χ3n) is 1.43. The highest BCUT2D eigenvalue weighted by Gasteiger charge is 1.92. The Morgan fingerprint density at radius 3 is 2.56 bits per heavy atom. The molecular weight excluding hydrogens is 110 g/mol. The summed E-state index contributed by atoms with van der Waals surface area (Å²) in [7, 11) is 0. The maximum absolute atomic E-state index is 4.24. The zero-order valence-electron chi connectivity index (χ0n) is 6.72. The molecule has 0 aromatic heterocycles. The monoisotopic (exact) mass is 127 g/mol. The molecule has 0 aliphatic heterocycles. The van der Waals surface area contributed by atoms with Crippen LogP contribution in [0.3, 0.4) is 0 Å². The summed E-state index contributed by atoms with van der Waals surface area (Å²) in [6.07, 6.45) is 4.30. The van der Waals surface area contributed by atoms with Crippen LogP contribution < -0.4 is 0 Å². The summed E-state index contributed by atoms with van der Waals surface area (Å²) < 4.78 is 0. The summed E-state index contributed by atoms with van der Waals surface area (Å²) in [6.45, 7) is 7.55. The second kappa shape index (κ2) is 5.80. The van der Waals surface area contributed by atoms with Gasteiger partial charge in [0.05, 0.1) is 0 Å². The second-order valence-electron chi connectivity index (χ2n) is 2.47. The molecule has 0 saturated heterocycles. The van der Waals surface area contributed by atoms with Crippen molar-refractivity contribution < 1.29 is 0 Å². The molecule has 0 aromatic carbocycles. The Morgan fingerprint density at radius 1 is 1.44 bits per heavy atom. The molecule has 1 heteroatoms. The van der Waals surface area contributed by atoms with E-state index >= 15 is 0 Å². The maximum atomic E-state index is 4.24. The van der Waals surface area contributed by atoms with E-state index in [1.165, 1.54) is 6.42 Å². The molecule has 0 fully saturated rings. The highest BCUT2D eigenvalue weighted by Crippen LogP contribution is 1.99. The Bertz CT molecular complexity index is 76.6. The van der Waals surface area contributed by atoms with E-state index in [0.29, 0.717) is 0 Å². The van der Waals surface area contributed by atoms with Crippen LogP contribution in [0.2, 0.25) is 0 Å². The van der Waals surface area contributed by atoms with Gasteiger partial charge in [-0.3, -0.25) is 4.99 Å². The van der Waals surface area contributed by atoms with Crippen LogP contribution in [0.5, 0.6) is 0 Å². The minimum atomic E-state index is 0.757. The lowest BCUT2D eigenvalue weighted by Gasteiger charge is -2.00. The zero-order valence-corrected chi connectivity index (χ0v) is 6.72. The Labute approximate surface area is 58.2 Å². The van der Waals surface area contributed by atoms with Crippen molar-refractivity contribution in [1.29, 1.82) is 0 Å². The van der Waals surface area contributed by atoms with E-state index in [-0.39, 0.29) is 0 Å². The third kappa shape index (κ3) is 5.54. The molecule has 0 aliphatic carbocycles. The van der Waals surface area contributed by atoms with Crippen LogP contribution in [0, 0.1) is 5.92 Å². The third-order valence-corrected chi connectivity index (χ3v) is 1.43. The van der Waals surface area contributed by atoms with E-state index in [1.54, 1.807) is 0 Å². The molecule has 0 heterocycles. The molecule has 54 valence electrons. The van der Waals surface area contributed by atoms with Crippen LogP contribution in [-0.4, -0.2) is 12.8 Å². The van der Waals surface area contributed by atoms with Gasteiger partial charge >= 0.3 is 0 Å². The van der Waals surface area contributed by atoms with Crippen LogP contribution in [0.25, 0.3) is 0 Å². The van der Waals surface area contributed by atoms with Crippen molar-refractivity contribution in [3.63, 3.8) is 0 Å². The summed E-state index contributed by atoms with van der Waals surface area (Å²) in [5, 5.41) is 0. The molecule has 0 bridgehead atoms. The standard InChI is InChI=1S/C8H17N/c1-4-6-9-7-8(3)5-2/h6,8H,4-5,7H2,1-3H3/t8-/m0/s1. The first-order valence-corrected chi connectivity index (χ1v) is 3.79. The van der Waals surface area contributed by atoms with E-state index in [9.17, 15) is 0 Å². The summed E-state index contributed by atoms with van der Waals surface area (Å²) in [6, 6.07) is 0. The number of hydrogen-bond donors (Lipinski definition) is 0. The normalized spacial score (nSPS) is 14.6. The smallest absolute Gasteiger partial charge is 0.0410 e. The topological polar surface area (TPSA) is 12.4 Å².